The molecule has 0 unspecified atom stereocenters. The van der Waals surface area contributed by atoms with E-state index < -0.39 is 0 Å². The molecule has 1 nitrogen and oxygen atoms in total. The number of aromatic nitrogens is 1. The van der Waals surface area contributed by atoms with Gasteiger partial charge in [-0.3, -0.25) is 4.98 Å². The van der Waals surface area contributed by atoms with E-state index in [1.54, 1.807) is 0 Å². The third-order valence-corrected chi connectivity index (χ3v) is 3.71. The molecule has 2 heteroatoms. The quantitative estimate of drug-likeness (QED) is 0.686. The number of halogens is 1. The number of benzene rings is 1. The van der Waals surface area contributed by atoms with Crippen molar-refractivity contribution in [3.8, 4) is 0 Å². The molecule has 0 aliphatic carbocycles. The van der Waals surface area contributed by atoms with E-state index in [9.17, 15) is 0 Å². The van der Waals surface area contributed by atoms with Gasteiger partial charge in [-0.05, 0) is 35.6 Å². The van der Waals surface area contributed by atoms with E-state index in [0.717, 1.165) is 9.99 Å². The molecule has 0 spiro atoms. The summed E-state index contributed by atoms with van der Waals surface area (Å²) in [5.74, 6) is 0. The fraction of sp³-hybridized carbons (Fsp3) is 0.357. The van der Waals surface area contributed by atoms with Crippen molar-refractivity contribution in [1.29, 1.82) is 0 Å². The molecule has 0 N–H and O–H groups in total. The standard InChI is InChI=1S/C14H16BrN/c1-9-12(15)8-11(14(2,3)4)10-6-5-7-16-13(9)10/h5-8H,1-4H3. The fourth-order valence-electron chi connectivity index (χ4n) is 1.97. The minimum Gasteiger partial charge on any atom is -0.256 e. The van der Waals surface area contributed by atoms with Crippen LogP contribution in [0.5, 0.6) is 0 Å². The van der Waals surface area contributed by atoms with E-state index in [0.29, 0.717) is 0 Å². The zero-order valence-electron chi connectivity index (χ0n) is 10.1. The third kappa shape index (κ3) is 1.86. The number of rotatable bonds is 0. The molecule has 2 aromatic rings. The van der Waals surface area contributed by atoms with E-state index in [1.165, 1.54) is 16.5 Å². The first-order valence-corrected chi connectivity index (χ1v) is 6.25. The van der Waals surface area contributed by atoms with Crippen LogP contribution in [0.25, 0.3) is 10.9 Å². The van der Waals surface area contributed by atoms with Crippen LogP contribution in [0.2, 0.25) is 0 Å². The number of hydrogen-bond acceptors (Lipinski definition) is 1. The van der Waals surface area contributed by atoms with Gasteiger partial charge in [-0.1, -0.05) is 42.8 Å². The van der Waals surface area contributed by atoms with Gasteiger partial charge in [0.25, 0.3) is 0 Å². The van der Waals surface area contributed by atoms with Crippen molar-refractivity contribution in [2.75, 3.05) is 0 Å². The molecular formula is C14H16BrN. The van der Waals surface area contributed by atoms with Crippen LogP contribution in [0.15, 0.2) is 28.9 Å². The molecular weight excluding hydrogens is 262 g/mol. The zero-order valence-corrected chi connectivity index (χ0v) is 11.7. The minimum atomic E-state index is 0.136. The molecule has 0 amide bonds. The second-order valence-corrected chi connectivity index (χ2v) is 6.03. The second kappa shape index (κ2) is 3.85. The average molecular weight is 278 g/mol. The molecule has 0 saturated heterocycles. The summed E-state index contributed by atoms with van der Waals surface area (Å²) in [6, 6.07) is 6.38. The lowest BCUT2D eigenvalue weighted by atomic mass is 9.84. The predicted octanol–water partition coefficient (Wildman–Crippen LogP) is 4.60. The van der Waals surface area contributed by atoms with Crippen LogP contribution < -0.4 is 0 Å². The summed E-state index contributed by atoms with van der Waals surface area (Å²) >= 11 is 3.62. The Morgan fingerprint density at radius 2 is 1.94 bits per heavy atom. The normalized spacial score (nSPS) is 12.1. The molecule has 1 aromatic heterocycles. The van der Waals surface area contributed by atoms with Crippen molar-refractivity contribution in [1.82, 2.24) is 4.98 Å². The first-order chi connectivity index (χ1) is 7.41. The number of nitrogens with zero attached hydrogens (tertiary/aromatic N) is 1. The smallest absolute Gasteiger partial charge is 0.0745 e. The topological polar surface area (TPSA) is 12.9 Å². The summed E-state index contributed by atoms with van der Waals surface area (Å²) in [6.07, 6.45) is 1.86. The maximum Gasteiger partial charge on any atom is 0.0745 e. The molecule has 16 heavy (non-hydrogen) atoms. The van der Waals surface area contributed by atoms with Crippen molar-refractivity contribution in [2.24, 2.45) is 0 Å². The van der Waals surface area contributed by atoms with Gasteiger partial charge in [0, 0.05) is 16.1 Å². The molecule has 2 rings (SSSR count). The Labute approximate surface area is 105 Å². The van der Waals surface area contributed by atoms with Gasteiger partial charge in [-0.15, -0.1) is 0 Å². The average Bonchev–Trinajstić information content (AvgIpc) is 2.22. The predicted molar refractivity (Wildman–Crippen MR) is 72.9 cm³/mol. The Hall–Kier alpha value is -0.890. The SMILES string of the molecule is Cc1c(Br)cc(C(C)(C)C)c2cccnc12. The number of fused-ring (bicyclic) bond motifs is 1. The van der Waals surface area contributed by atoms with Crippen LogP contribution in [-0.2, 0) is 5.41 Å². The lowest BCUT2D eigenvalue weighted by molar-refractivity contribution is 0.595. The third-order valence-electron chi connectivity index (χ3n) is 2.89. The molecule has 0 atom stereocenters. The van der Waals surface area contributed by atoms with Crippen molar-refractivity contribution in [3.63, 3.8) is 0 Å². The van der Waals surface area contributed by atoms with Gasteiger partial charge < -0.3 is 0 Å². The number of hydrogen-bond donors (Lipinski definition) is 0. The molecule has 0 fully saturated rings. The molecule has 0 saturated carbocycles. The lowest BCUT2D eigenvalue weighted by Crippen LogP contribution is -2.12. The van der Waals surface area contributed by atoms with Crippen LogP contribution >= 0.6 is 15.9 Å². The van der Waals surface area contributed by atoms with Gasteiger partial charge >= 0.3 is 0 Å². The van der Waals surface area contributed by atoms with Crippen molar-refractivity contribution in [3.05, 3.63) is 40.0 Å². The Balaban J connectivity index is 2.91. The highest BCUT2D eigenvalue weighted by molar-refractivity contribution is 9.10. The Kier molecular flexibility index (Phi) is 2.79. The number of pyridine rings is 1. The van der Waals surface area contributed by atoms with Crippen molar-refractivity contribution < 1.29 is 0 Å². The minimum absolute atomic E-state index is 0.136. The molecule has 0 bridgehead atoms. The molecule has 0 aliphatic heterocycles. The molecule has 0 radical (unpaired) electrons. The maximum absolute atomic E-state index is 4.49. The Morgan fingerprint density at radius 1 is 1.25 bits per heavy atom. The summed E-state index contributed by atoms with van der Waals surface area (Å²) < 4.78 is 1.14. The van der Waals surface area contributed by atoms with Gasteiger partial charge in [0.05, 0.1) is 5.52 Å². The summed E-state index contributed by atoms with van der Waals surface area (Å²) in [5.41, 5.74) is 3.79. The highest BCUT2D eigenvalue weighted by Gasteiger charge is 2.19. The van der Waals surface area contributed by atoms with Crippen molar-refractivity contribution in [2.45, 2.75) is 33.1 Å². The first-order valence-electron chi connectivity index (χ1n) is 5.45. The van der Waals surface area contributed by atoms with E-state index in [1.807, 2.05) is 12.3 Å². The van der Waals surface area contributed by atoms with Crippen molar-refractivity contribution >= 4 is 26.8 Å². The highest BCUT2D eigenvalue weighted by atomic mass is 79.9. The van der Waals surface area contributed by atoms with Gasteiger partial charge in [0.15, 0.2) is 0 Å². The molecule has 1 aromatic carbocycles. The Morgan fingerprint density at radius 3 is 2.56 bits per heavy atom. The van der Waals surface area contributed by atoms with Gasteiger partial charge in [-0.2, -0.15) is 0 Å². The van der Waals surface area contributed by atoms with Crippen LogP contribution in [0.1, 0.15) is 31.9 Å². The molecule has 0 aliphatic rings. The molecule has 84 valence electrons. The van der Waals surface area contributed by atoms with Gasteiger partial charge in [0.2, 0.25) is 0 Å². The summed E-state index contributed by atoms with van der Waals surface area (Å²) in [4.78, 5) is 4.49. The first kappa shape index (κ1) is 11.6. The van der Waals surface area contributed by atoms with Crippen LogP contribution in [0, 0.1) is 6.92 Å². The zero-order chi connectivity index (χ0) is 11.9. The highest BCUT2D eigenvalue weighted by Crippen LogP contribution is 2.34. The van der Waals surface area contributed by atoms with Gasteiger partial charge in [-0.25, -0.2) is 0 Å². The summed E-state index contributed by atoms with van der Waals surface area (Å²) in [7, 11) is 0. The second-order valence-electron chi connectivity index (χ2n) is 5.18. The Bertz CT molecular complexity index is 538. The largest absolute Gasteiger partial charge is 0.256 e. The molecule has 1 heterocycles. The van der Waals surface area contributed by atoms with Crippen LogP contribution in [0.3, 0.4) is 0 Å². The summed E-state index contributed by atoms with van der Waals surface area (Å²) in [5, 5.41) is 1.26. The van der Waals surface area contributed by atoms with Gasteiger partial charge in [0.1, 0.15) is 0 Å². The summed E-state index contributed by atoms with van der Waals surface area (Å²) in [6.45, 7) is 8.80. The van der Waals surface area contributed by atoms with E-state index in [2.05, 4.69) is 60.7 Å². The maximum atomic E-state index is 4.49. The fourth-order valence-corrected chi connectivity index (χ4v) is 2.38. The van der Waals surface area contributed by atoms with E-state index >= 15 is 0 Å². The van der Waals surface area contributed by atoms with E-state index in [-0.39, 0.29) is 5.41 Å². The van der Waals surface area contributed by atoms with Crippen LogP contribution in [-0.4, -0.2) is 4.98 Å². The van der Waals surface area contributed by atoms with Crippen LogP contribution in [0.4, 0.5) is 0 Å². The van der Waals surface area contributed by atoms with E-state index in [4.69, 9.17) is 0 Å². The number of aryl methyl sites for hydroxylation is 1. The lowest BCUT2D eigenvalue weighted by Gasteiger charge is -2.22. The monoisotopic (exact) mass is 277 g/mol.